The Kier molecular flexibility index (Phi) is 4.18. The number of benzene rings is 1. The average molecular weight is 226 g/mol. The molecule has 0 aromatic heterocycles. The molecule has 0 unspecified atom stereocenters. The summed E-state index contributed by atoms with van der Waals surface area (Å²) in [5.41, 5.74) is 1.25. The zero-order valence-corrected chi connectivity index (χ0v) is 8.95. The minimum atomic E-state index is -1.28. The summed E-state index contributed by atoms with van der Waals surface area (Å²) in [7, 11) is 1.38. The fourth-order valence-electron chi connectivity index (χ4n) is 1.24. The number of hydrogen-bond acceptors (Lipinski definition) is 3. The number of hydrogen-bond donors (Lipinski definition) is 0. The quantitative estimate of drug-likeness (QED) is 0.439. The van der Waals surface area contributed by atoms with Gasteiger partial charge < -0.3 is 14.6 Å². The Hall–Kier alpha value is -1.48. The zero-order valence-electron chi connectivity index (χ0n) is 8.20. The van der Waals surface area contributed by atoms with Crippen molar-refractivity contribution in [1.29, 1.82) is 0 Å². The molecule has 0 saturated heterocycles. The first-order valence-corrected chi connectivity index (χ1v) is 4.82. The average Bonchev–Trinajstić information content (AvgIpc) is 2.25. The Morgan fingerprint density at radius 1 is 1.53 bits per heavy atom. The van der Waals surface area contributed by atoms with Gasteiger partial charge in [-0.3, -0.25) is 0 Å². The van der Waals surface area contributed by atoms with Crippen molar-refractivity contribution in [2.24, 2.45) is 0 Å². The van der Waals surface area contributed by atoms with Crippen LogP contribution in [-0.2, 0) is 15.4 Å². The van der Waals surface area contributed by atoms with Gasteiger partial charge in [-0.1, -0.05) is 24.3 Å². The number of halogens is 1. The minimum Gasteiger partial charge on any atom is -0.545 e. The van der Waals surface area contributed by atoms with Crippen LogP contribution in [0.25, 0.3) is 5.57 Å². The van der Waals surface area contributed by atoms with Crippen molar-refractivity contribution in [3.05, 3.63) is 41.7 Å². The number of methoxy groups -OCH3 is 1. The van der Waals surface area contributed by atoms with E-state index in [0.717, 1.165) is 11.8 Å². The summed E-state index contributed by atoms with van der Waals surface area (Å²) in [4.78, 5) is 10.9. The monoisotopic (exact) mass is 225 g/mol. The second-order valence-corrected chi connectivity index (χ2v) is 3.11. The molecule has 3 nitrogen and oxygen atoms in total. The number of aliphatic carboxylic acids is 1. The van der Waals surface area contributed by atoms with E-state index in [2.05, 4.69) is 0 Å². The summed E-state index contributed by atoms with van der Waals surface area (Å²) >= 11 is 5.70. The largest absolute Gasteiger partial charge is 0.545 e. The van der Waals surface area contributed by atoms with Crippen LogP contribution in [0.5, 0.6) is 0 Å². The molecule has 80 valence electrons. The van der Waals surface area contributed by atoms with E-state index in [0.29, 0.717) is 5.56 Å². The second-order valence-electron chi connectivity index (χ2n) is 2.85. The molecule has 0 saturated carbocycles. The van der Waals surface area contributed by atoms with E-state index in [1.54, 1.807) is 24.3 Å². The van der Waals surface area contributed by atoms with Crippen LogP contribution in [0.4, 0.5) is 0 Å². The van der Waals surface area contributed by atoms with Gasteiger partial charge >= 0.3 is 0 Å². The number of ether oxygens (including phenoxy) is 1. The molecule has 0 heterocycles. The van der Waals surface area contributed by atoms with Gasteiger partial charge in [-0.05, 0) is 11.1 Å². The first-order valence-electron chi connectivity index (χ1n) is 4.29. The van der Waals surface area contributed by atoms with E-state index in [1.165, 1.54) is 7.11 Å². The van der Waals surface area contributed by atoms with E-state index in [1.807, 2.05) is 0 Å². The summed E-state index contributed by atoms with van der Waals surface area (Å²) in [6.07, 6.45) is 1.14. The molecule has 0 bridgehead atoms. The molecule has 4 heteroatoms. The summed E-state index contributed by atoms with van der Waals surface area (Å²) in [5.74, 6) is -1.04. The maximum absolute atomic E-state index is 10.9. The highest BCUT2D eigenvalue weighted by molar-refractivity contribution is 6.19. The van der Waals surface area contributed by atoms with Crippen LogP contribution in [0.3, 0.4) is 0 Å². The molecule has 1 rings (SSSR count). The Bertz CT molecular complexity index is 385. The van der Waals surface area contributed by atoms with Crippen molar-refractivity contribution in [2.75, 3.05) is 7.11 Å². The fourth-order valence-corrected chi connectivity index (χ4v) is 1.47. The Balaban J connectivity index is 3.22. The summed E-state index contributed by atoms with van der Waals surface area (Å²) in [6.45, 7) is 0. The van der Waals surface area contributed by atoms with Gasteiger partial charge in [0.15, 0.2) is 0 Å². The highest BCUT2D eigenvalue weighted by atomic mass is 35.5. The van der Waals surface area contributed by atoms with Gasteiger partial charge in [0.25, 0.3) is 0 Å². The van der Waals surface area contributed by atoms with Crippen molar-refractivity contribution < 1.29 is 14.6 Å². The molecule has 0 aliphatic carbocycles. The molecule has 0 N–H and O–H groups in total. The predicted octanol–water partition coefficient (Wildman–Crippen LogP) is 1.16. The van der Waals surface area contributed by atoms with E-state index in [4.69, 9.17) is 16.3 Å². The highest BCUT2D eigenvalue weighted by Gasteiger charge is 2.07. The lowest BCUT2D eigenvalue weighted by Gasteiger charge is -2.11. The van der Waals surface area contributed by atoms with Gasteiger partial charge in [0, 0.05) is 11.5 Å². The number of carbonyl (C=O) groups excluding carboxylic acids is 1. The number of carboxylic acids is 1. The highest BCUT2D eigenvalue weighted by Crippen LogP contribution is 2.20. The summed E-state index contributed by atoms with van der Waals surface area (Å²) < 4.78 is 4.69. The normalized spacial score (nSPS) is 11.2. The van der Waals surface area contributed by atoms with Crippen molar-refractivity contribution in [1.82, 2.24) is 0 Å². The van der Waals surface area contributed by atoms with Crippen molar-refractivity contribution >= 4 is 23.1 Å². The van der Waals surface area contributed by atoms with Gasteiger partial charge in [0.2, 0.25) is 0 Å². The minimum absolute atomic E-state index is 0.00579. The lowest BCUT2D eigenvalue weighted by atomic mass is 10.0. The van der Waals surface area contributed by atoms with Gasteiger partial charge in [-0.2, -0.15) is 0 Å². The third-order valence-electron chi connectivity index (χ3n) is 1.91. The molecule has 0 amide bonds. The molecular formula is C11H10ClO3-. The molecule has 0 fully saturated rings. The lowest BCUT2D eigenvalue weighted by Crippen LogP contribution is -2.24. The molecule has 0 spiro atoms. The van der Waals surface area contributed by atoms with Crippen LogP contribution >= 0.6 is 11.6 Å². The lowest BCUT2D eigenvalue weighted by molar-refractivity contribution is -0.295. The van der Waals surface area contributed by atoms with E-state index >= 15 is 0 Å². The van der Waals surface area contributed by atoms with Crippen LogP contribution in [0, 0.1) is 0 Å². The van der Waals surface area contributed by atoms with Gasteiger partial charge in [0.1, 0.15) is 0 Å². The zero-order chi connectivity index (χ0) is 11.3. The molecular weight excluding hydrogens is 216 g/mol. The van der Waals surface area contributed by atoms with Gasteiger partial charge in [-0.15, -0.1) is 11.6 Å². The number of rotatable bonds is 4. The van der Waals surface area contributed by atoms with Crippen molar-refractivity contribution in [3.63, 3.8) is 0 Å². The van der Waals surface area contributed by atoms with Gasteiger partial charge in [0.05, 0.1) is 19.3 Å². The SMILES string of the molecule is CO/C=C(\C(=O)[O-])c1ccccc1CCl. The molecule has 0 aliphatic heterocycles. The second kappa shape index (κ2) is 5.41. The summed E-state index contributed by atoms with van der Waals surface area (Å²) in [5, 5.41) is 10.9. The number of carboxylic acid groups (broad SMARTS) is 1. The van der Waals surface area contributed by atoms with Gasteiger partial charge in [-0.25, -0.2) is 0 Å². The molecule has 1 aromatic rings. The molecule has 15 heavy (non-hydrogen) atoms. The van der Waals surface area contributed by atoms with Crippen LogP contribution < -0.4 is 5.11 Å². The fraction of sp³-hybridized carbons (Fsp3) is 0.182. The number of alkyl halides is 1. The van der Waals surface area contributed by atoms with Crippen LogP contribution in [0.2, 0.25) is 0 Å². The van der Waals surface area contributed by atoms with Crippen LogP contribution in [0.15, 0.2) is 30.5 Å². The maximum atomic E-state index is 10.9. The maximum Gasteiger partial charge on any atom is 0.0921 e. The predicted molar refractivity (Wildman–Crippen MR) is 56.0 cm³/mol. The Morgan fingerprint density at radius 2 is 2.20 bits per heavy atom. The summed E-state index contributed by atoms with van der Waals surface area (Å²) in [6, 6.07) is 6.95. The third-order valence-corrected chi connectivity index (χ3v) is 2.20. The molecule has 0 radical (unpaired) electrons. The van der Waals surface area contributed by atoms with E-state index in [-0.39, 0.29) is 11.5 Å². The smallest absolute Gasteiger partial charge is 0.0921 e. The third kappa shape index (κ3) is 2.73. The molecule has 0 aliphatic rings. The number of carbonyl (C=O) groups is 1. The first kappa shape index (κ1) is 11.6. The molecule has 0 atom stereocenters. The Morgan fingerprint density at radius 3 is 2.73 bits per heavy atom. The standard InChI is InChI=1S/C11H11ClO3/c1-15-7-10(11(13)14)9-5-3-2-4-8(9)6-12/h2-5,7H,6H2,1H3,(H,13,14)/p-1/b10-7-. The van der Waals surface area contributed by atoms with Crippen LogP contribution in [-0.4, -0.2) is 13.1 Å². The van der Waals surface area contributed by atoms with E-state index < -0.39 is 5.97 Å². The van der Waals surface area contributed by atoms with Crippen molar-refractivity contribution in [3.8, 4) is 0 Å². The first-order chi connectivity index (χ1) is 7.20. The van der Waals surface area contributed by atoms with Crippen LogP contribution in [0.1, 0.15) is 11.1 Å². The Labute approximate surface area is 92.9 Å². The van der Waals surface area contributed by atoms with E-state index in [9.17, 15) is 9.90 Å². The van der Waals surface area contributed by atoms with Crippen molar-refractivity contribution in [2.45, 2.75) is 5.88 Å². The topological polar surface area (TPSA) is 49.4 Å². The molecule has 1 aromatic carbocycles.